The van der Waals surface area contributed by atoms with Gasteiger partial charge in [0.1, 0.15) is 24.9 Å². The van der Waals surface area contributed by atoms with Gasteiger partial charge in [0.15, 0.2) is 0 Å². The molecule has 2 N–H and O–H groups in total. The van der Waals surface area contributed by atoms with Gasteiger partial charge in [0.2, 0.25) is 17.7 Å². The van der Waals surface area contributed by atoms with Crippen LogP contribution in [0.4, 0.5) is 0 Å². The van der Waals surface area contributed by atoms with E-state index in [2.05, 4.69) is 15.5 Å². The van der Waals surface area contributed by atoms with Crippen molar-refractivity contribution in [2.24, 2.45) is 0 Å². The van der Waals surface area contributed by atoms with E-state index in [-0.39, 0.29) is 50.7 Å². The van der Waals surface area contributed by atoms with Gasteiger partial charge in [0, 0.05) is 39.3 Å². The molecule has 1 saturated heterocycles. The number of hydrogen-bond acceptors (Lipinski definition) is 7. The molecule has 3 aromatic rings. The molecule has 0 radical (unpaired) electrons. The van der Waals surface area contributed by atoms with Crippen LogP contribution in [0.15, 0.2) is 78.9 Å². The van der Waals surface area contributed by atoms with Crippen LogP contribution in [0.1, 0.15) is 40.4 Å². The quantitative estimate of drug-likeness (QED) is 0.388. The Labute approximate surface area is 275 Å². The smallest absolute Gasteiger partial charge is 0.255 e. The summed E-state index contributed by atoms with van der Waals surface area (Å²) in [6.07, 6.45) is -0.328. The van der Waals surface area contributed by atoms with Crippen molar-refractivity contribution in [2.75, 3.05) is 52.5 Å². The van der Waals surface area contributed by atoms with Gasteiger partial charge >= 0.3 is 0 Å². The third kappa shape index (κ3) is 9.63. The fraction of sp³-hybridized carbons (Fsp3) is 0.389. The van der Waals surface area contributed by atoms with Gasteiger partial charge in [-0.1, -0.05) is 66.7 Å². The monoisotopic (exact) mass is 641 g/mol. The van der Waals surface area contributed by atoms with Crippen LogP contribution in [0.2, 0.25) is 0 Å². The molecule has 0 unspecified atom stereocenters. The third-order valence-electron chi connectivity index (χ3n) is 8.38. The Balaban J connectivity index is 1.34. The second kappa shape index (κ2) is 16.7. The topological polar surface area (TPSA) is 121 Å². The molecule has 47 heavy (non-hydrogen) atoms. The zero-order chi connectivity index (χ0) is 33.0. The van der Waals surface area contributed by atoms with Gasteiger partial charge in [-0.3, -0.25) is 24.1 Å². The van der Waals surface area contributed by atoms with E-state index < -0.39 is 23.8 Å². The fourth-order valence-corrected chi connectivity index (χ4v) is 5.65. The van der Waals surface area contributed by atoms with Crippen LogP contribution in [-0.2, 0) is 38.8 Å². The summed E-state index contributed by atoms with van der Waals surface area (Å²) in [4.78, 5) is 59.8. The summed E-state index contributed by atoms with van der Waals surface area (Å²) < 4.78 is 11.4. The molecule has 11 heteroatoms. The minimum atomic E-state index is -1.19. The highest BCUT2D eigenvalue weighted by Gasteiger charge is 2.30. The maximum absolute atomic E-state index is 13.9. The van der Waals surface area contributed by atoms with Crippen molar-refractivity contribution in [3.05, 3.63) is 101 Å². The van der Waals surface area contributed by atoms with Gasteiger partial charge in [-0.2, -0.15) is 0 Å². The van der Waals surface area contributed by atoms with Gasteiger partial charge in [0.25, 0.3) is 5.91 Å². The van der Waals surface area contributed by atoms with E-state index in [1.165, 1.54) is 10.5 Å². The lowest BCUT2D eigenvalue weighted by Crippen LogP contribution is -2.51. The molecular formula is C36H43N5O6. The van der Waals surface area contributed by atoms with Crippen LogP contribution in [0, 0.1) is 0 Å². The highest BCUT2D eigenvalue weighted by atomic mass is 16.5. The number of rotatable bonds is 8. The van der Waals surface area contributed by atoms with Crippen molar-refractivity contribution in [3.8, 4) is 5.75 Å². The molecule has 0 spiro atoms. The maximum Gasteiger partial charge on any atom is 0.255 e. The molecule has 4 amide bonds. The van der Waals surface area contributed by atoms with Crippen LogP contribution in [0.25, 0.3) is 0 Å². The lowest BCUT2D eigenvalue weighted by atomic mass is 10.1. The van der Waals surface area contributed by atoms with Crippen molar-refractivity contribution in [1.82, 2.24) is 25.3 Å². The van der Waals surface area contributed by atoms with Gasteiger partial charge in [0.05, 0.1) is 31.7 Å². The molecule has 2 heterocycles. The van der Waals surface area contributed by atoms with Gasteiger partial charge in [-0.15, -0.1) is 0 Å². The summed E-state index contributed by atoms with van der Waals surface area (Å²) in [5.74, 6) is -1.36. The predicted molar refractivity (Wildman–Crippen MR) is 176 cm³/mol. The van der Waals surface area contributed by atoms with Crippen molar-refractivity contribution in [3.63, 3.8) is 0 Å². The first kappa shape index (κ1) is 33.6. The third-order valence-corrected chi connectivity index (χ3v) is 8.38. The summed E-state index contributed by atoms with van der Waals surface area (Å²) in [5, 5.41) is 5.68. The number of nitrogens with one attached hydrogen (secondary N) is 2. The van der Waals surface area contributed by atoms with Gasteiger partial charge < -0.3 is 29.9 Å². The summed E-state index contributed by atoms with van der Waals surface area (Å²) in [7, 11) is 0. The molecule has 1 fully saturated rings. The molecule has 2 aliphatic heterocycles. The number of hydrogen-bond donors (Lipinski definition) is 2. The molecule has 3 aromatic carbocycles. The van der Waals surface area contributed by atoms with E-state index in [1.54, 1.807) is 29.2 Å². The van der Waals surface area contributed by atoms with Crippen molar-refractivity contribution < 1.29 is 28.7 Å². The minimum absolute atomic E-state index is 0.158. The first-order chi connectivity index (χ1) is 22.9. The number of carbonyl (C=O) groups excluding carboxylic acids is 4. The number of morpholine rings is 1. The largest absolute Gasteiger partial charge is 0.491 e. The number of para-hydroxylation sites is 1. The molecule has 5 rings (SSSR count). The Bertz CT molecular complexity index is 1510. The summed E-state index contributed by atoms with van der Waals surface area (Å²) in [6, 6.07) is 22.9. The summed E-state index contributed by atoms with van der Waals surface area (Å²) in [5.41, 5.74) is 3.14. The summed E-state index contributed by atoms with van der Waals surface area (Å²) >= 11 is 0. The first-order valence-corrected chi connectivity index (χ1v) is 16.2. The van der Waals surface area contributed by atoms with E-state index in [4.69, 9.17) is 9.47 Å². The van der Waals surface area contributed by atoms with Crippen LogP contribution >= 0.6 is 0 Å². The normalized spacial score (nSPS) is 18.5. The van der Waals surface area contributed by atoms with Gasteiger partial charge in [-0.05, 0) is 35.7 Å². The zero-order valence-corrected chi connectivity index (χ0v) is 26.9. The fourth-order valence-electron chi connectivity index (χ4n) is 5.65. The SMILES string of the molecule is CCN1CCOc2ccccc2C(=O)N[C@H](C(=O)NCc2ccc(CN3CCOCC3)cc2)CC(=O)N(Cc2ccccc2)CC1=O. The van der Waals surface area contributed by atoms with Crippen molar-refractivity contribution in [1.29, 1.82) is 0 Å². The van der Waals surface area contributed by atoms with Gasteiger partial charge in [-0.25, -0.2) is 0 Å². The molecule has 248 valence electrons. The van der Waals surface area contributed by atoms with E-state index in [0.29, 0.717) is 12.3 Å². The number of benzene rings is 3. The molecule has 0 bridgehead atoms. The molecule has 0 aromatic heterocycles. The van der Waals surface area contributed by atoms with E-state index in [1.807, 2.05) is 61.5 Å². The highest BCUT2D eigenvalue weighted by Crippen LogP contribution is 2.19. The second-order valence-electron chi connectivity index (χ2n) is 11.7. The van der Waals surface area contributed by atoms with E-state index >= 15 is 0 Å². The Morgan fingerprint density at radius 3 is 2.21 bits per heavy atom. The number of ether oxygens (including phenoxy) is 2. The number of carbonyl (C=O) groups is 4. The second-order valence-corrected chi connectivity index (χ2v) is 11.7. The van der Waals surface area contributed by atoms with E-state index in [9.17, 15) is 19.2 Å². The first-order valence-electron chi connectivity index (χ1n) is 16.2. The number of amides is 4. The van der Waals surface area contributed by atoms with Crippen LogP contribution in [-0.4, -0.2) is 96.9 Å². The van der Waals surface area contributed by atoms with Crippen LogP contribution < -0.4 is 15.4 Å². The Morgan fingerprint density at radius 2 is 1.47 bits per heavy atom. The average Bonchev–Trinajstić information content (AvgIpc) is 3.09. The van der Waals surface area contributed by atoms with Crippen molar-refractivity contribution >= 4 is 23.6 Å². The van der Waals surface area contributed by atoms with Crippen molar-refractivity contribution in [2.45, 2.75) is 39.0 Å². The Hall–Kier alpha value is -4.74. The lowest BCUT2D eigenvalue weighted by molar-refractivity contribution is -0.142. The minimum Gasteiger partial charge on any atom is -0.491 e. The number of fused-ring (bicyclic) bond motifs is 1. The molecule has 0 aliphatic carbocycles. The summed E-state index contributed by atoms with van der Waals surface area (Å²) in [6.45, 7) is 7.07. The highest BCUT2D eigenvalue weighted by molar-refractivity contribution is 6.01. The molecule has 2 aliphatic rings. The lowest BCUT2D eigenvalue weighted by Gasteiger charge is -2.29. The standard InChI is InChI=1S/C36H43N5O6/c1-2-40-18-21-47-32-11-7-6-10-30(32)35(44)38-31(22-33(42)41(26-34(40)43)25-28-8-4-3-5-9-28)36(45)37-23-27-12-14-29(15-13-27)24-39-16-19-46-20-17-39/h3-15,31H,2,16-26H2,1H3,(H,37,45)(H,38,44)/t31-/m0/s1. The average molecular weight is 642 g/mol. The molecule has 1 atom stereocenters. The molecule has 0 saturated carbocycles. The molecular weight excluding hydrogens is 598 g/mol. The maximum atomic E-state index is 13.9. The number of nitrogens with zero attached hydrogens (tertiary/aromatic N) is 3. The van der Waals surface area contributed by atoms with Crippen LogP contribution in [0.5, 0.6) is 5.75 Å². The Kier molecular flexibility index (Phi) is 12.0. The Morgan fingerprint density at radius 1 is 0.787 bits per heavy atom. The zero-order valence-electron chi connectivity index (χ0n) is 26.9. The van der Waals surface area contributed by atoms with E-state index in [0.717, 1.165) is 44.0 Å². The predicted octanol–water partition coefficient (Wildman–Crippen LogP) is 2.59. The van der Waals surface area contributed by atoms with Crippen LogP contribution in [0.3, 0.4) is 0 Å². The molecule has 11 nitrogen and oxygen atoms in total. The number of likely N-dealkylation sites (N-methyl/N-ethyl adjacent to an activating group) is 1.